The number of fused-ring (bicyclic) bond motifs is 1. The zero-order valence-corrected chi connectivity index (χ0v) is 12.2. The van der Waals surface area contributed by atoms with E-state index in [2.05, 4.69) is 15.9 Å². The molecule has 0 atom stereocenters. The SMILES string of the molecule is CC(C)(C)OC(=O)c1ccc2ccc(Br)cc2c1. The van der Waals surface area contributed by atoms with Gasteiger partial charge in [0.25, 0.3) is 0 Å². The molecule has 2 aromatic carbocycles. The number of hydrogen-bond acceptors (Lipinski definition) is 2. The highest BCUT2D eigenvalue weighted by atomic mass is 79.9. The fourth-order valence-corrected chi connectivity index (χ4v) is 2.06. The van der Waals surface area contributed by atoms with Gasteiger partial charge in [0.15, 0.2) is 0 Å². The Kier molecular flexibility index (Phi) is 3.44. The van der Waals surface area contributed by atoms with Gasteiger partial charge < -0.3 is 4.74 Å². The molecule has 0 saturated heterocycles. The Labute approximate surface area is 115 Å². The Hall–Kier alpha value is -1.35. The molecule has 2 aromatic rings. The van der Waals surface area contributed by atoms with Crippen LogP contribution in [0.2, 0.25) is 0 Å². The maximum absolute atomic E-state index is 12.0. The van der Waals surface area contributed by atoms with Gasteiger partial charge in [0.2, 0.25) is 0 Å². The molecule has 0 aliphatic heterocycles. The fourth-order valence-electron chi connectivity index (χ4n) is 1.68. The van der Waals surface area contributed by atoms with Crippen molar-refractivity contribution in [1.29, 1.82) is 0 Å². The second-order valence-corrected chi connectivity index (χ2v) is 6.12. The third-order valence-corrected chi connectivity index (χ3v) is 2.93. The van der Waals surface area contributed by atoms with Gasteiger partial charge >= 0.3 is 5.97 Å². The lowest BCUT2D eigenvalue weighted by atomic mass is 10.1. The number of hydrogen-bond donors (Lipinski definition) is 0. The molecule has 18 heavy (non-hydrogen) atoms. The smallest absolute Gasteiger partial charge is 0.338 e. The predicted octanol–water partition coefficient (Wildman–Crippen LogP) is 4.56. The molecular weight excluding hydrogens is 292 g/mol. The minimum Gasteiger partial charge on any atom is -0.456 e. The highest BCUT2D eigenvalue weighted by Crippen LogP contribution is 2.22. The molecule has 0 aromatic heterocycles. The lowest BCUT2D eigenvalue weighted by Crippen LogP contribution is -2.23. The molecule has 0 amide bonds. The van der Waals surface area contributed by atoms with Crippen molar-refractivity contribution in [2.45, 2.75) is 26.4 Å². The standard InChI is InChI=1S/C15H15BrO2/c1-15(2,3)18-14(17)11-5-4-10-6-7-13(16)9-12(10)8-11/h4-9H,1-3H3. The van der Waals surface area contributed by atoms with E-state index >= 15 is 0 Å². The van der Waals surface area contributed by atoms with E-state index in [0.29, 0.717) is 5.56 Å². The molecule has 2 rings (SSSR count). The average Bonchev–Trinajstić information content (AvgIpc) is 2.25. The van der Waals surface area contributed by atoms with Crippen LogP contribution in [0.4, 0.5) is 0 Å². The summed E-state index contributed by atoms with van der Waals surface area (Å²) < 4.78 is 6.35. The van der Waals surface area contributed by atoms with Crippen molar-refractivity contribution in [3.05, 3.63) is 46.4 Å². The van der Waals surface area contributed by atoms with Crippen LogP contribution in [0.25, 0.3) is 10.8 Å². The van der Waals surface area contributed by atoms with Crippen molar-refractivity contribution in [3.63, 3.8) is 0 Å². The molecule has 0 spiro atoms. The summed E-state index contributed by atoms with van der Waals surface area (Å²) in [6.45, 7) is 5.59. The number of halogens is 1. The monoisotopic (exact) mass is 306 g/mol. The van der Waals surface area contributed by atoms with Crippen molar-refractivity contribution in [1.82, 2.24) is 0 Å². The van der Waals surface area contributed by atoms with Gasteiger partial charge in [-0.2, -0.15) is 0 Å². The minimum absolute atomic E-state index is 0.288. The van der Waals surface area contributed by atoms with Crippen LogP contribution >= 0.6 is 15.9 Å². The van der Waals surface area contributed by atoms with Crippen LogP contribution in [-0.2, 0) is 4.74 Å². The maximum atomic E-state index is 12.0. The molecule has 0 saturated carbocycles. The first-order valence-electron chi connectivity index (χ1n) is 5.78. The molecule has 0 radical (unpaired) electrons. The first-order chi connectivity index (χ1) is 8.35. The topological polar surface area (TPSA) is 26.3 Å². The van der Waals surface area contributed by atoms with E-state index in [4.69, 9.17) is 4.74 Å². The van der Waals surface area contributed by atoms with Gasteiger partial charge in [0.1, 0.15) is 5.60 Å². The summed E-state index contributed by atoms with van der Waals surface area (Å²) in [4.78, 5) is 12.0. The van der Waals surface area contributed by atoms with Gasteiger partial charge in [0, 0.05) is 4.47 Å². The van der Waals surface area contributed by atoms with Crippen molar-refractivity contribution in [3.8, 4) is 0 Å². The van der Waals surface area contributed by atoms with E-state index in [1.54, 1.807) is 6.07 Å². The minimum atomic E-state index is -0.469. The third kappa shape index (κ3) is 3.10. The van der Waals surface area contributed by atoms with E-state index in [1.807, 2.05) is 51.1 Å². The van der Waals surface area contributed by atoms with E-state index in [0.717, 1.165) is 15.2 Å². The molecule has 0 aliphatic carbocycles. The zero-order chi connectivity index (χ0) is 13.3. The van der Waals surface area contributed by atoms with E-state index in [1.165, 1.54) is 0 Å². The normalized spacial score (nSPS) is 11.6. The second kappa shape index (κ2) is 4.73. The Morgan fingerprint density at radius 1 is 1.06 bits per heavy atom. The number of benzene rings is 2. The Morgan fingerprint density at radius 3 is 2.39 bits per heavy atom. The fraction of sp³-hybridized carbons (Fsp3) is 0.267. The number of esters is 1. The predicted molar refractivity (Wildman–Crippen MR) is 76.8 cm³/mol. The van der Waals surface area contributed by atoms with E-state index in [-0.39, 0.29) is 5.97 Å². The van der Waals surface area contributed by atoms with Gasteiger partial charge in [-0.3, -0.25) is 0 Å². The van der Waals surface area contributed by atoms with Gasteiger partial charge in [-0.25, -0.2) is 4.79 Å². The Bertz CT molecular complexity index is 597. The number of ether oxygens (including phenoxy) is 1. The average molecular weight is 307 g/mol. The molecule has 0 fully saturated rings. The molecule has 3 heteroatoms. The lowest BCUT2D eigenvalue weighted by molar-refractivity contribution is 0.00697. The van der Waals surface area contributed by atoms with Crippen molar-refractivity contribution >= 4 is 32.7 Å². The second-order valence-electron chi connectivity index (χ2n) is 5.21. The molecule has 0 N–H and O–H groups in total. The van der Waals surface area contributed by atoms with E-state index < -0.39 is 5.60 Å². The van der Waals surface area contributed by atoms with Gasteiger partial charge in [-0.05, 0) is 55.8 Å². The van der Waals surface area contributed by atoms with Crippen LogP contribution in [0.15, 0.2) is 40.9 Å². The van der Waals surface area contributed by atoms with Crippen LogP contribution in [0.1, 0.15) is 31.1 Å². The van der Waals surface area contributed by atoms with Crippen LogP contribution < -0.4 is 0 Å². The molecule has 94 valence electrons. The quantitative estimate of drug-likeness (QED) is 0.722. The van der Waals surface area contributed by atoms with Crippen LogP contribution in [0.3, 0.4) is 0 Å². The largest absolute Gasteiger partial charge is 0.456 e. The Morgan fingerprint density at radius 2 is 1.72 bits per heavy atom. The van der Waals surface area contributed by atoms with Crippen molar-refractivity contribution in [2.24, 2.45) is 0 Å². The molecule has 0 bridgehead atoms. The number of rotatable bonds is 1. The molecule has 0 aliphatic rings. The first-order valence-corrected chi connectivity index (χ1v) is 6.57. The summed E-state index contributed by atoms with van der Waals surface area (Å²) >= 11 is 3.43. The summed E-state index contributed by atoms with van der Waals surface area (Å²) in [5.41, 5.74) is 0.110. The first kappa shape index (κ1) is 13.1. The summed E-state index contributed by atoms with van der Waals surface area (Å²) in [5.74, 6) is -0.288. The zero-order valence-electron chi connectivity index (χ0n) is 10.7. The molecule has 0 heterocycles. The van der Waals surface area contributed by atoms with Gasteiger partial charge in [-0.1, -0.05) is 28.1 Å². The molecule has 0 unspecified atom stereocenters. The highest BCUT2D eigenvalue weighted by Gasteiger charge is 2.17. The molecule has 2 nitrogen and oxygen atoms in total. The van der Waals surface area contributed by atoms with Crippen molar-refractivity contribution in [2.75, 3.05) is 0 Å². The van der Waals surface area contributed by atoms with Gasteiger partial charge in [-0.15, -0.1) is 0 Å². The summed E-state index contributed by atoms with van der Waals surface area (Å²) in [6, 6.07) is 11.6. The highest BCUT2D eigenvalue weighted by molar-refractivity contribution is 9.10. The molecular formula is C15H15BrO2. The van der Waals surface area contributed by atoms with E-state index in [9.17, 15) is 4.79 Å². The van der Waals surface area contributed by atoms with Crippen molar-refractivity contribution < 1.29 is 9.53 Å². The number of carbonyl (C=O) groups is 1. The maximum Gasteiger partial charge on any atom is 0.338 e. The lowest BCUT2D eigenvalue weighted by Gasteiger charge is -2.19. The van der Waals surface area contributed by atoms with Crippen LogP contribution in [-0.4, -0.2) is 11.6 Å². The Balaban J connectivity index is 2.37. The van der Waals surface area contributed by atoms with Gasteiger partial charge in [0.05, 0.1) is 5.56 Å². The van der Waals surface area contributed by atoms with Crippen LogP contribution in [0.5, 0.6) is 0 Å². The van der Waals surface area contributed by atoms with Crippen LogP contribution in [0, 0.1) is 0 Å². The number of carbonyl (C=O) groups excluding carboxylic acids is 1. The summed E-state index contributed by atoms with van der Waals surface area (Å²) in [6.07, 6.45) is 0. The third-order valence-electron chi connectivity index (χ3n) is 2.44. The summed E-state index contributed by atoms with van der Waals surface area (Å²) in [5, 5.41) is 2.12. The summed E-state index contributed by atoms with van der Waals surface area (Å²) in [7, 11) is 0.